The van der Waals surface area contributed by atoms with Crippen molar-refractivity contribution < 1.29 is 9.90 Å². The van der Waals surface area contributed by atoms with E-state index in [2.05, 4.69) is 0 Å². The highest BCUT2D eigenvalue weighted by molar-refractivity contribution is 6.30. The highest BCUT2D eigenvalue weighted by Crippen LogP contribution is 2.28. The predicted octanol–water partition coefficient (Wildman–Crippen LogP) is 3.42. The lowest BCUT2D eigenvalue weighted by molar-refractivity contribution is -0.135. The maximum Gasteiger partial charge on any atom is 0.323 e. The first kappa shape index (κ1) is 13.2. The molecule has 0 saturated heterocycles. The van der Waals surface area contributed by atoms with Crippen LogP contribution in [-0.2, 0) is 4.79 Å². The van der Waals surface area contributed by atoms with E-state index >= 15 is 0 Å². The fraction of sp³-hybridized carbons (Fsp3) is 0.500. The molecule has 18 heavy (non-hydrogen) atoms. The summed E-state index contributed by atoms with van der Waals surface area (Å²) in [7, 11) is 0. The van der Waals surface area contributed by atoms with Gasteiger partial charge in [-0.25, -0.2) is 0 Å². The largest absolute Gasteiger partial charge is 0.480 e. The van der Waals surface area contributed by atoms with Crippen LogP contribution in [0.3, 0.4) is 0 Å². The van der Waals surface area contributed by atoms with Crippen molar-refractivity contribution in [3.8, 4) is 0 Å². The van der Waals surface area contributed by atoms with Gasteiger partial charge >= 0.3 is 5.97 Å². The highest BCUT2D eigenvalue weighted by Gasteiger charge is 2.20. The summed E-state index contributed by atoms with van der Waals surface area (Å²) < 4.78 is 0. The summed E-state index contributed by atoms with van der Waals surface area (Å²) in [5.41, 5.74) is 0.900. The van der Waals surface area contributed by atoms with Crippen LogP contribution >= 0.6 is 11.6 Å². The van der Waals surface area contributed by atoms with Gasteiger partial charge in [0.1, 0.15) is 6.54 Å². The SMILES string of the molecule is O=C(O)CN(CC1CCCC1)c1cccc(Cl)c1. The lowest BCUT2D eigenvalue weighted by Gasteiger charge is -2.26. The Labute approximate surface area is 112 Å². The summed E-state index contributed by atoms with van der Waals surface area (Å²) in [6.07, 6.45) is 4.94. The number of rotatable bonds is 5. The standard InChI is InChI=1S/C14H18ClNO2/c15-12-6-3-7-13(8-12)16(10-14(17)18)9-11-4-1-2-5-11/h3,6-8,11H,1-2,4-5,9-10H2,(H,17,18). The monoisotopic (exact) mass is 267 g/mol. The van der Waals surface area contributed by atoms with E-state index in [-0.39, 0.29) is 6.54 Å². The van der Waals surface area contributed by atoms with Crippen molar-refractivity contribution in [2.24, 2.45) is 5.92 Å². The fourth-order valence-electron chi connectivity index (χ4n) is 2.60. The molecule has 1 aromatic carbocycles. The number of benzene rings is 1. The van der Waals surface area contributed by atoms with E-state index < -0.39 is 5.97 Å². The molecule has 2 rings (SSSR count). The lowest BCUT2D eigenvalue weighted by atomic mass is 10.1. The van der Waals surface area contributed by atoms with Crippen LogP contribution in [0.25, 0.3) is 0 Å². The van der Waals surface area contributed by atoms with Gasteiger partial charge in [-0.2, -0.15) is 0 Å². The Hall–Kier alpha value is -1.22. The maximum atomic E-state index is 11.0. The summed E-state index contributed by atoms with van der Waals surface area (Å²) in [5, 5.41) is 9.66. The van der Waals surface area contributed by atoms with E-state index in [0.29, 0.717) is 10.9 Å². The topological polar surface area (TPSA) is 40.5 Å². The molecule has 4 heteroatoms. The summed E-state index contributed by atoms with van der Waals surface area (Å²) in [6, 6.07) is 7.42. The third-order valence-electron chi connectivity index (χ3n) is 3.45. The van der Waals surface area contributed by atoms with Gasteiger partial charge in [-0.15, -0.1) is 0 Å². The van der Waals surface area contributed by atoms with Crippen molar-refractivity contribution in [2.75, 3.05) is 18.0 Å². The van der Waals surface area contributed by atoms with Crippen LogP contribution in [0, 0.1) is 5.92 Å². The molecule has 1 saturated carbocycles. The van der Waals surface area contributed by atoms with E-state index in [9.17, 15) is 4.79 Å². The Balaban J connectivity index is 2.10. The van der Waals surface area contributed by atoms with Gasteiger partial charge in [0, 0.05) is 17.3 Å². The average molecular weight is 268 g/mol. The molecule has 1 aliphatic carbocycles. The molecule has 0 amide bonds. The van der Waals surface area contributed by atoms with Crippen molar-refractivity contribution in [3.05, 3.63) is 29.3 Å². The Bertz CT molecular complexity index is 416. The summed E-state index contributed by atoms with van der Waals surface area (Å²) in [6.45, 7) is 0.851. The first-order valence-corrected chi connectivity index (χ1v) is 6.75. The van der Waals surface area contributed by atoms with E-state index in [4.69, 9.17) is 16.7 Å². The van der Waals surface area contributed by atoms with Crippen LogP contribution in [0.15, 0.2) is 24.3 Å². The minimum Gasteiger partial charge on any atom is -0.480 e. The molecule has 0 aromatic heterocycles. The second kappa shape index (κ2) is 6.10. The lowest BCUT2D eigenvalue weighted by Crippen LogP contribution is -2.33. The highest BCUT2D eigenvalue weighted by atomic mass is 35.5. The van der Waals surface area contributed by atoms with Crippen molar-refractivity contribution in [3.63, 3.8) is 0 Å². The molecular formula is C14H18ClNO2. The van der Waals surface area contributed by atoms with Crippen LogP contribution in [0.5, 0.6) is 0 Å². The Morgan fingerprint density at radius 2 is 2.11 bits per heavy atom. The van der Waals surface area contributed by atoms with E-state index in [0.717, 1.165) is 12.2 Å². The molecule has 0 atom stereocenters. The van der Waals surface area contributed by atoms with E-state index in [1.54, 1.807) is 6.07 Å². The third-order valence-corrected chi connectivity index (χ3v) is 3.69. The number of halogens is 1. The number of anilines is 1. The van der Waals surface area contributed by atoms with E-state index in [1.165, 1.54) is 25.7 Å². The number of hydrogen-bond donors (Lipinski definition) is 1. The van der Waals surface area contributed by atoms with Crippen LogP contribution in [-0.4, -0.2) is 24.2 Å². The smallest absolute Gasteiger partial charge is 0.323 e. The summed E-state index contributed by atoms with van der Waals surface area (Å²) in [4.78, 5) is 12.9. The molecule has 0 unspecified atom stereocenters. The van der Waals surface area contributed by atoms with Gasteiger partial charge in [-0.3, -0.25) is 4.79 Å². The van der Waals surface area contributed by atoms with Crippen LogP contribution < -0.4 is 4.90 Å². The zero-order chi connectivity index (χ0) is 13.0. The number of carboxylic acids is 1. The normalized spacial score (nSPS) is 15.8. The molecule has 3 nitrogen and oxygen atoms in total. The summed E-state index contributed by atoms with van der Waals surface area (Å²) >= 11 is 5.97. The zero-order valence-electron chi connectivity index (χ0n) is 10.3. The fourth-order valence-corrected chi connectivity index (χ4v) is 2.79. The second-order valence-electron chi connectivity index (χ2n) is 4.90. The molecule has 1 fully saturated rings. The van der Waals surface area contributed by atoms with Crippen molar-refractivity contribution in [1.29, 1.82) is 0 Å². The molecule has 1 aromatic rings. The van der Waals surface area contributed by atoms with Gasteiger partial charge in [-0.05, 0) is 37.0 Å². The first-order valence-electron chi connectivity index (χ1n) is 6.37. The molecule has 0 aliphatic heterocycles. The molecule has 0 heterocycles. The third kappa shape index (κ3) is 3.64. The molecule has 0 bridgehead atoms. The van der Waals surface area contributed by atoms with Gasteiger partial charge in [0.05, 0.1) is 0 Å². The quantitative estimate of drug-likeness (QED) is 0.889. The predicted molar refractivity (Wildman–Crippen MR) is 73.3 cm³/mol. The number of aliphatic carboxylic acids is 1. The molecule has 1 N–H and O–H groups in total. The van der Waals surface area contributed by atoms with Crippen molar-refractivity contribution in [2.45, 2.75) is 25.7 Å². The zero-order valence-corrected chi connectivity index (χ0v) is 11.1. The number of carboxylic acid groups (broad SMARTS) is 1. The molecule has 98 valence electrons. The number of hydrogen-bond acceptors (Lipinski definition) is 2. The Kier molecular flexibility index (Phi) is 4.48. The number of carbonyl (C=O) groups is 1. The van der Waals surface area contributed by atoms with Gasteiger partial charge in [0.2, 0.25) is 0 Å². The molecule has 0 spiro atoms. The van der Waals surface area contributed by atoms with Crippen LogP contribution in [0.1, 0.15) is 25.7 Å². The van der Waals surface area contributed by atoms with E-state index in [1.807, 2.05) is 23.1 Å². The molecule has 1 aliphatic rings. The molecular weight excluding hydrogens is 250 g/mol. The van der Waals surface area contributed by atoms with Gasteiger partial charge < -0.3 is 10.0 Å². The van der Waals surface area contributed by atoms with Gasteiger partial charge in [-0.1, -0.05) is 30.5 Å². The van der Waals surface area contributed by atoms with Crippen LogP contribution in [0.4, 0.5) is 5.69 Å². The van der Waals surface area contributed by atoms with Crippen molar-refractivity contribution >= 4 is 23.3 Å². The average Bonchev–Trinajstić information content (AvgIpc) is 2.80. The second-order valence-corrected chi connectivity index (χ2v) is 5.34. The van der Waals surface area contributed by atoms with Gasteiger partial charge in [0.15, 0.2) is 0 Å². The minimum absolute atomic E-state index is 0.0385. The minimum atomic E-state index is -0.798. The first-order chi connectivity index (χ1) is 8.65. The summed E-state index contributed by atoms with van der Waals surface area (Å²) in [5.74, 6) is -0.184. The Morgan fingerprint density at radius 3 is 2.72 bits per heavy atom. The maximum absolute atomic E-state index is 11.0. The molecule has 0 radical (unpaired) electrons. The number of nitrogens with zero attached hydrogens (tertiary/aromatic N) is 1. The van der Waals surface area contributed by atoms with Crippen LogP contribution in [0.2, 0.25) is 5.02 Å². The van der Waals surface area contributed by atoms with Crippen molar-refractivity contribution in [1.82, 2.24) is 0 Å². The van der Waals surface area contributed by atoms with Gasteiger partial charge in [0.25, 0.3) is 0 Å². The Morgan fingerprint density at radius 1 is 1.39 bits per heavy atom.